The molecule has 1 aliphatic heterocycles. The summed E-state index contributed by atoms with van der Waals surface area (Å²) < 4.78 is 4.89. The largest absolute Gasteiger partial charge is 0.310 e. The normalized spacial score (nSPS) is 13.6. The van der Waals surface area contributed by atoms with Crippen molar-refractivity contribution in [2.45, 2.75) is 19.3 Å². The topological polar surface area (TPSA) is 13.1 Å². The van der Waals surface area contributed by atoms with Gasteiger partial charge in [0.2, 0.25) is 0 Å². The van der Waals surface area contributed by atoms with Crippen LogP contribution in [0, 0.1) is 0 Å². The number of para-hydroxylation sites is 4. The second kappa shape index (κ2) is 12.2. The van der Waals surface area contributed by atoms with Gasteiger partial charge in [-0.3, -0.25) is 0 Å². The van der Waals surface area contributed by atoms with Gasteiger partial charge in [-0.1, -0.05) is 141 Å². The number of hydrogen-bond acceptors (Lipinski definition) is 1. The molecule has 60 heavy (non-hydrogen) atoms. The lowest BCUT2D eigenvalue weighted by Gasteiger charge is -2.42. The maximum Gasteiger partial charge on any atom is 0.0541 e. The average molecular weight is 766 g/mol. The van der Waals surface area contributed by atoms with Crippen LogP contribution in [0.3, 0.4) is 0 Å². The number of rotatable bonds is 3. The molecule has 3 heteroatoms. The van der Waals surface area contributed by atoms with Gasteiger partial charge in [0.05, 0.1) is 33.4 Å². The molecular formula is C57H39N3. The van der Waals surface area contributed by atoms with Crippen molar-refractivity contribution < 1.29 is 0 Å². The van der Waals surface area contributed by atoms with E-state index in [4.69, 9.17) is 0 Å². The molecule has 13 rings (SSSR count). The van der Waals surface area contributed by atoms with Crippen LogP contribution in [-0.4, -0.2) is 9.13 Å². The molecule has 0 aliphatic carbocycles. The Labute approximate surface area is 347 Å². The second-order valence-electron chi connectivity index (χ2n) is 16.9. The highest BCUT2D eigenvalue weighted by atomic mass is 15.2. The van der Waals surface area contributed by atoms with E-state index in [1.54, 1.807) is 0 Å². The van der Waals surface area contributed by atoms with Crippen LogP contribution < -0.4 is 4.90 Å². The van der Waals surface area contributed by atoms with E-state index in [-0.39, 0.29) is 5.41 Å². The number of nitrogens with zero attached hydrogens (tertiary/aromatic N) is 3. The fraction of sp³-hybridized carbons (Fsp3) is 0.0526. The molecule has 0 radical (unpaired) electrons. The third-order valence-corrected chi connectivity index (χ3v) is 13.5. The summed E-state index contributed by atoms with van der Waals surface area (Å²) in [5, 5.41) is 12.7. The van der Waals surface area contributed by atoms with Crippen molar-refractivity contribution in [1.29, 1.82) is 0 Å². The van der Waals surface area contributed by atoms with Crippen molar-refractivity contribution in [3.63, 3.8) is 0 Å². The van der Waals surface area contributed by atoms with Crippen molar-refractivity contribution in [2.24, 2.45) is 0 Å². The zero-order valence-corrected chi connectivity index (χ0v) is 33.4. The lowest BCUT2D eigenvalue weighted by atomic mass is 9.73. The second-order valence-corrected chi connectivity index (χ2v) is 16.9. The first-order chi connectivity index (χ1) is 29.5. The summed E-state index contributed by atoms with van der Waals surface area (Å²) in [6, 6.07) is 74.3. The summed E-state index contributed by atoms with van der Waals surface area (Å²) in [6.45, 7) is 4.82. The molecule has 0 N–H and O–H groups in total. The molecule has 0 atom stereocenters. The molecule has 3 heterocycles. The first-order valence-corrected chi connectivity index (χ1v) is 20.9. The van der Waals surface area contributed by atoms with Crippen molar-refractivity contribution in [3.05, 3.63) is 211 Å². The molecule has 0 bridgehead atoms. The Balaban J connectivity index is 1.10. The van der Waals surface area contributed by atoms with Gasteiger partial charge in [-0.15, -0.1) is 0 Å². The first kappa shape index (κ1) is 33.4. The summed E-state index contributed by atoms with van der Waals surface area (Å²) in [5.74, 6) is 0. The molecule has 0 saturated carbocycles. The molecule has 1 aliphatic rings. The van der Waals surface area contributed by atoms with Crippen molar-refractivity contribution in [1.82, 2.24) is 9.13 Å². The Morgan fingerprint density at radius 1 is 0.283 bits per heavy atom. The minimum absolute atomic E-state index is 0.343. The van der Waals surface area contributed by atoms with Gasteiger partial charge in [-0.2, -0.15) is 0 Å². The van der Waals surface area contributed by atoms with Gasteiger partial charge >= 0.3 is 0 Å². The Kier molecular flexibility index (Phi) is 6.78. The van der Waals surface area contributed by atoms with Gasteiger partial charge in [-0.25, -0.2) is 0 Å². The van der Waals surface area contributed by atoms with Crippen molar-refractivity contribution in [3.8, 4) is 11.4 Å². The Morgan fingerprint density at radius 2 is 0.600 bits per heavy atom. The van der Waals surface area contributed by atoms with E-state index in [0.717, 1.165) is 17.1 Å². The van der Waals surface area contributed by atoms with E-state index in [1.807, 2.05) is 0 Å². The molecule has 0 spiro atoms. The van der Waals surface area contributed by atoms with Crippen LogP contribution in [0.5, 0.6) is 0 Å². The molecule has 0 amide bonds. The number of fused-ring (bicyclic) bond motifs is 14. The summed E-state index contributed by atoms with van der Waals surface area (Å²) in [6.07, 6.45) is 0. The molecule has 10 aromatic carbocycles. The SMILES string of the molecule is CC1(C)c2cc(-n3c4ccccc4c4ccccc43)ccc2N(c2ccc3c4ccccc4c4ccccc4c3c2)c2ccc(-n3c4ccccc4c4ccccc43)cc21. The van der Waals surface area contributed by atoms with Crippen molar-refractivity contribution in [2.75, 3.05) is 4.90 Å². The highest BCUT2D eigenvalue weighted by Gasteiger charge is 2.38. The van der Waals surface area contributed by atoms with E-state index >= 15 is 0 Å². The molecule has 12 aromatic rings. The quantitative estimate of drug-likeness (QED) is 0.163. The zero-order valence-electron chi connectivity index (χ0n) is 33.4. The predicted octanol–water partition coefficient (Wildman–Crippen LogP) is 15.4. The number of aromatic nitrogens is 2. The smallest absolute Gasteiger partial charge is 0.0541 e. The number of benzene rings is 10. The maximum absolute atomic E-state index is 2.52. The summed E-state index contributed by atoms with van der Waals surface area (Å²) in [7, 11) is 0. The summed E-state index contributed by atoms with van der Waals surface area (Å²) in [5.41, 5.74) is 13.0. The van der Waals surface area contributed by atoms with E-state index < -0.39 is 0 Å². The molecule has 0 unspecified atom stereocenters. The standard InChI is InChI=1S/C57H39N3/c1-57(2)49-34-37(58-51-23-11-7-19-44(51)45-20-8-12-24-52(45)58)28-31-55(49)60(36-27-30-43-41-17-4-3-15-39(41)40-16-5-6-18-42(40)48(43)33-36)56-32-29-38(35-50(56)57)59-53-25-13-9-21-46(53)47-22-10-14-26-54(47)59/h3-35H,1-2H3. The highest BCUT2D eigenvalue weighted by Crippen LogP contribution is 2.54. The molecular weight excluding hydrogens is 727 g/mol. The molecule has 2 aromatic heterocycles. The van der Waals surface area contributed by atoms with E-state index in [1.165, 1.54) is 98.4 Å². The highest BCUT2D eigenvalue weighted by molar-refractivity contribution is 6.26. The van der Waals surface area contributed by atoms with Crippen LogP contribution in [0.1, 0.15) is 25.0 Å². The van der Waals surface area contributed by atoms with Gasteiger partial charge in [0.1, 0.15) is 0 Å². The Bertz CT molecular complexity index is 3460. The zero-order chi connectivity index (χ0) is 39.7. The Morgan fingerprint density at radius 3 is 1.00 bits per heavy atom. The van der Waals surface area contributed by atoms with E-state index in [0.29, 0.717) is 0 Å². The molecule has 0 fully saturated rings. The van der Waals surface area contributed by atoms with Gasteiger partial charge in [0.15, 0.2) is 0 Å². The third kappa shape index (κ3) is 4.49. The lowest BCUT2D eigenvalue weighted by molar-refractivity contribution is 0.631. The van der Waals surface area contributed by atoms with Gasteiger partial charge in [-0.05, 0) is 116 Å². The van der Waals surface area contributed by atoms with Gasteiger partial charge in [0.25, 0.3) is 0 Å². The van der Waals surface area contributed by atoms with Crippen molar-refractivity contribution >= 4 is 93.0 Å². The van der Waals surface area contributed by atoms with E-state index in [9.17, 15) is 0 Å². The number of anilines is 3. The monoisotopic (exact) mass is 765 g/mol. The fourth-order valence-corrected chi connectivity index (χ4v) is 10.7. The Hall–Kier alpha value is -7.62. The molecule has 282 valence electrons. The fourth-order valence-electron chi connectivity index (χ4n) is 10.7. The van der Waals surface area contributed by atoms with Crippen LogP contribution in [0.15, 0.2) is 200 Å². The van der Waals surface area contributed by atoms with Crippen LogP contribution in [0.25, 0.3) is 87.3 Å². The summed E-state index contributed by atoms with van der Waals surface area (Å²) in [4.78, 5) is 2.52. The lowest BCUT2D eigenvalue weighted by Crippen LogP contribution is -2.31. The van der Waals surface area contributed by atoms with Crippen LogP contribution in [-0.2, 0) is 5.41 Å². The maximum atomic E-state index is 2.52. The minimum Gasteiger partial charge on any atom is -0.310 e. The van der Waals surface area contributed by atoms with Gasteiger partial charge in [0, 0.05) is 44.0 Å². The minimum atomic E-state index is -0.343. The first-order valence-electron chi connectivity index (χ1n) is 20.9. The third-order valence-electron chi connectivity index (χ3n) is 13.5. The van der Waals surface area contributed by atoms with E-state index in [2.05, 4.69) is 228 Å². The van der Waals surface area contributed by atoms with Gasteiger partial charge < -0.3 is 14.0 Å². The molecule has 0 saturated heterocycles. The summed E-state index contributed by atoms with van der Waals surface area (Å²) >= 11 is 0. The van der Waals surface area contributed by atoms with Crippen LogP contribution in [0.2, 0.25) is 0 Å². The van der Waals surface area contributed by atoms with Crippen LogP contribution in [0.4, 0.5) is 17.1 Å². The average Bonchev–Trinajstić information content (AvgIpc) is 3.82. The molecule has 3 nitrogen and oxygen atoms in total. The predicted molar refractivity (Wildman–Crippen MR) is 254 cm³/mol. The number of hydrogen-bond donors (Lipinski definition) is 0. The van der Waals surface area contributed by atoms with Crippen LogP contribution >= 0.6 is 0 Å².